The van der Waals surface area contributed by atoms with Crippen molar-refractivity contribution in [2.24, 2.45) is 0 Å². The molecule has 0 aromatic heterocycles. The molecule has 0 radical (unpaired) electrons. The van der Waals surface area contributed by atoms with Crippen molar-refractivity contribution >= 4 is 35.3 Å². The van der Waals surface area contributed by atoms with Crippen LogP contribution in [0.3, 0.4) is 0 Å². The zero-order valence-electron chi connectivity index (χ0n) is 15.1. The van der Waals surface area contributed by atoms with E-state index in [-0.39, 0.29) is 23.9 Å². The minimum absolute atomic E-state index is 0.000754. The lowest BCUT2D eigenvalue weighted by molar-refractivity contribution is -0.132. The first-order valence-corrected chi connectivity index (χ1v) is 9.99. The van der Waals surface area contributed by atoms with Crippen molar-refractivity contribution in [2.45, 2.75) is 26.4 Å². The third kappa shape index (κ3) is 3.95. The number of amides is 4. The van der Waals surface area contributed by atoms with Crippen molar-refractivity contribution in [3.8, 4) is 0 Å². The van der Waals surface area contributed by atoms with Gasteiger partial charge in [0.2, 0.25) is 5.91 Å². The molecule has 2 heterocycles. The third-order valence-corrected chi connectivity index (χ3v) is 5.57. The Bertz CT molecular complexity index is 724. The highest BCUT2D eigenvalue weighted by Gasteiger charge is 2.30. The maximum Gasteiger partial charge on any atom is 0.319 e. The Balaban J connectivity index is 1.65. The molecule has 0 aliphatic carbocycles. The summed E-state index contributed by atoms with van der Waals surface area (Å²) in [5.41, 5.74) is 2.19. The van der Waals surface area contributed by atoms with Crippen molar-refractivity contribution in [3.05, 3.63) is 29.3 Å². The highest BCUT2D eigenvalue weighted by molar-refractivity contribution is 7.99. The number of hydrogen-bond acceptors (Lipinski definition) is 4. The van der Waals surface area contributed by atoms with Crippen LogP contribution in [0, 0.1) is 0 Å². The largest absolute Gasteiger partial charge is 0.336 e. The van der Waals surface area contributed by atoms with Crippen LogP contribution in [0.4, 0.5) is 10.5 Å². The molecule has 0 unspecified atom stereocenters. The number of carbonyl (C=O) groups is 3. The first kappa shape index (κ1) is 18.6. The molecule has 1 saturated heterocycles. The molecule has 1 atom stereocenters. The number of carbonyl (C=O) groups excluding carboxylic acids is 3. The molecule has 7 nitrogen and oxygen atoms in total. The monoisotopic (exact) mass is 376 g/mol. The number of anilines is 1. The van der Waals surface area contributed by atoms with Gasteiger partial charge in [-0.1, -0.05) is 13.0 Å². The Labute approximate surface area is 157 Å². The molecular weight excluding hydrogens is 352 g/mol. The average Bonchev–Trinajstić information content (AvgIpc) is 2.64. The van der Waals surface area contributed by atoms with E-state index in [2.05, 4.69) is 10.6 Å². The molecule has 1 aromatic rings. The summed E-state index contributed by atoms with van der Waals surface area (Å²) in [7, 11) is 0. The van der Waals surface area contributed by atoms with E-state index in [4.69, 9.17) is 0 Å². The molecule has 0 spiro atoms. The number of thioether (sulfide) groups is 1. The fraction of sp³-hybridized carbons (Fsp3) is 0.500. The molecule has 2 N–H and O–H groups in total. The van der Waals surface area contributed by atoms with Crippen LogP contribution in [-0.4, -0.2) is 64.8 Å². The van der Waals surface area contributed by atoms with E-state index in [0.29, 0.717) is 43.2 Å². The second kappa shape index (κ2) is 7.99. The number of benzene rings is 1. The quantitative estimate of drug-likeness (QED) is 0.839. The van der Waals surface area contributed by atoms with Crippen molar-refractivity contribution < 1.29 is 14.4 Å². The molecule has 1 fully saturated rings. The standard InChI is InChI=1S/C18H24N4O3S/c1-3-26-11-16(23)22-7-6-21(10-12(22)2)17(24)13-4-5-14-9-19-18(25)20-15(14)8-13/h4-5,8,12H,3,6-7,9-11H2,1-2H3,(H2,19,20,25)/t12-/m0/s1. The molecule has 140 valence electrons. The van der Waals surface area contributed by atoms with E-state index in [1.54, 1.807) is 28.8 Å². The average molecular weight is 376 g/mol. The highest BCUT2D eigenvalue weighted by Crippen LogP contribution is 2.22. The van der Waals surface area contributed by atoms with Gasteiger partial charge in [-0.25, -0.2) is 4.79 Å². The van der Waals surface area contributed by atoms with E-state index >= 15 is 0 Å². The van der Waals surface area contributed by atoms with Crippen LogP contribution in [0.15, 0.2) is 18.2 Å². The lowest BCUT2D eigenvalue weighted by Gasteiger charge is -2.40. The molecule has 3 rings (SSSR count). The second-order valence-electron chi connectivity index (χ2n) is 6.50. The lowest BCUT2D eigenvalue weighted by atomic mass is 10.1. The van der Waals surface area contributed by atoms with Crippen molar-refractivity contribution in [3.63, 3.8) is 0 Å². The van der Waals surface area contributed by atoms with Crippen LogP contribution in [0.25, 0.3) is 0 Å². The normalized spacial score (nSPS) is 19.5. The summed E-state index contributed by atoms with van der Waals surface area (Å²) in [5.74, 6) is 1.49. The molecule has 8 heteroatoms. The van der Waals surface area contributed by atoms with Gasteiger partial charge in [0, 0.05) is 43.5 Å². The van der Waals surface area contributed by atoms with Crippen molar-refractivity contribution in [1.29, 1.82) is 0 Å². The van der Waals surface area contributed by atoms with Gasteiger partial charge in [-0.05, 0) is 30.4 Å². The van der Waals surface area contributed by atoms with E-state index in [0.717, 1.165) is 11.3 Å². The van der Waals surface area contributed by atoms with Crippen LogP contribution in [0.2, 0.25) is 0 Å². The predicted octanol–water partition coefficient (Wildman–Crippen LogP) is 1.75. The number of nitrogens with one attached hydrogen (secondary N) is 2. The number of nitrogens with zero attached hydrogens (tertiary/aromatic N) is 2. The Morgan fingerprint density at radius 3 is 2.85 bits per heavy atom. The summed E-state index contributed by atoms with van der Waals surface area (Å²) in [6, 6.07) is 5.13. The number of rotatable bonds is 4. The maximum atomic E-state index is 12.9. The van der Waals surface area contributed by atoms with Crippen molar-refractivity contribution in [1.82, 2.24) is 15.1 Å². The van der Waals surface area contributed by atoms with Gasteiger partial charge in [-0.3, -0.25) is 9.59 Å². The second-order valence-corrected chi connectivity index (χ2v) is 7.78. The summed E-state index contributed by atoms with van der Waals surface area (Å²) < 4.78 is 0. The SMILES string of the molecule is CCSCC(=O)N1CCN(C(=O)c2ccc3c(c2)NC(=O)NC3)C[C@@H]1C. The van der Waals surface area contributed by atoms with Crippen LogP contribution < -0.4 is 10.6 Å². The third-order valence-electron chi connectivity index (χ3n) is 4.71. The van der Waals surface area contributed by atoms with E-state index in [1.807, 2.05) is 24.8 Å². The van der Waals surface area contributed by atoms with Crippen LogP contribution in [0.1, 0.15) is 29.8 Å². The predicted molar refractivity (Wildman–Crippen MR) is 102 cm³/mol. The van der Waals surface area contributed by atoms with Crippen molar-refractivity contribution in [2.75, 3.05) is 36.5 Å². The smallest absolute Gasteiger partial charge is 0.319 e. The van der Waals surface area contributed by atoms with E-state index in [1.165, 1.54) is 0 Å². The van der Waals surface area contributed by atoms with Crippen LogP contribution >= 0.6 is 11.8 Å². The van der Waals surface area contributed by atoms with Crippen LogP contribution in [-0.2, 0) is 11.3 Å². The fourth-order valence-electron chi connectivity index (χ4n) is 3.29. The van der Waals surface area contributed by atoms with Gasteiger partial charge in [0.1, 0.15) is 0 Å². The zero-order valence-corrected chi connectivity index (χ0v) is 15.9. The summed E-state index contributed by atoms with van der Waals surface area (Å²) >= 11 is 1.62. The fourth-order valence-corrected chi connectivity index (χ4v) is 3.83. The Kier molecular flexibility index (Phi) is 5.70. The van der Waals surface area contributed by atoms with Gasteiger partial charge in [-0.2, -0.15) is 11.8 Å². The Morgan fingerprint density at radius 1 is 1.31 bits per heavy atom. The molecule has 26 heavy (non-hydrogen) atoms. The first-order chi connectivity index (χ1) is 12.5. The molecule has 0 bridgehead atoms. The molecule has 4 amide bonds. The molecular formula is C18H24N4O3S. The molecule has 2 aliphatic rings. The Hall–Kier alpha value is -2.22. The topological polar surface area (TPSA) is 81.8 Å². The number of urea groups is 1. The Morgan fingerprint density at radius 2 is 2.12 bits per heavy atom. The van der Waals surface area contributed by atoms with Gasteiger partial charge >= 0.3 is 6.03 Å². The van der Waals surface area contributed by atoms with Gasteiger partial charge in [-0.15, -0.1) is 0 Å². The van der Waals surface area contributed by atoms with E-state index < -0.39 is 0 Å². The molecule has 1 aromatic carbocycles. The highest BCUT2D eigenvalue weighted by atomic mass is 32.2. The van der Waals surface area contributed by atoms with Gasteiger partial charge < -0.3 is 20.4 Å². The maximum absolute atomic E-state index is 12.9. The first-order valence-electron chi connectivity index (χ1n) is 8.84. The van der Waals surface area contributed by atoms with E-state index in [9.17, 15) is 14.4 Å². The summed E-state index contributed by atoms with van der Waals surface area (Å²) in [4.78, 5) is 40.2. The van der Waals surface area contributed by atoms with Gasteiger partial charge in [0.25, 0.3) is 5.91 Å². The summed E-state index contributed by atoms with van der Waals surface area (Å²) in [5, 5.41) is 5.43. The summed E-state index contributed by atoms with van der Waals surface area (Å²) in [6.45, 7) is 6.08. The number of hydrogen-bond donors (Lipinski definition) is 2. The number of piperazine rings is 1. The lowest BCUT2D eigenvalue weighted by Crippen LogP contribution is -2.55. The van der Waals surface area contributed by atoms with Crippen LogP contribution in [0.5, 0.6) is 0 Å². The van der Waals surface area contributed by atoms with Gasteiger partial charge in [0.15, 0.2) is 0 Å². The summed E-state index contributed by atoms with van der Waals surface area (Å²) in [6.07, 6.45) is 0. The molecule has 0 saturated carbocycles. The minimum Gasteiger partial charge on any atom is -0.336 e. The zero-order chi connectivity index (χ0) is 18.7. The molecule has 2 aliphatic heterocycles. The van der Waals surface area contributed by atoms with Gasteiger partial charge in [0.05, 0.1) is 5.75 Å². The minimum atomic E-state index is -0.257. The number of fused-ring (bicyclic) bond motifs is 1.